The van der Waals surface area contributed by atoms with Gasteiger partial charge in [-0.25, -0.2) is 8.42 Å². The topological polar surface area (TPSA) is 59.1 Å². The second kappa shape index (κ2) is 5.14. The van der Waals surface area contributed by atoms with Crippen LogP contribution in [-0.4, -0.2) is 30.9 Å². The highest BCUT2D eigenvalue weighted by molar-refractivity contribution is 7.91. The van der Waals surface area contributed by atoms with E-state index in [1.165, 1.54) is 0 Å². The van der Waals surface area contributed by atoms with E-state index in [1.807, 2.05) is 25.3 Å². The van der Waals surface area contributed by atoms with Crippen molar-refractivity contribution in [3.05, 3.63) is 29.6 Å². The van der Waals surface area contributed by atoms with E-state index in [2.05, 4.69) is 10.3 Å². The van der Waals surface area contributed by atoms with E-state index in [9.17, 15) is 8.42 Å². The van der Waals surface area contributed by atoms with E-state index < -0.39 is 9.84 Å². The molecule has 1 aliphatic rings. The second-order valence-corrected chi connectivity index (χ2v) is 6.89. The van der Waals surface area contributed by atoms with Gasteiger partial charge in [0.2, 0.25) is 0 Å². The first-order valence-corrected chi connectivity index (χ1v) is 7.73. The molecule has 1 fully saturated rings. The van der Waals surface area contributed by atoms with Crippen molar-refractivity contribution in [2.24, 2.45) is 0 Å². The summed E-state index contributed by atoms with van der Waals surface area (Å²) in [6.07, 6.45) is 3.53. The summed E-state index contributed by atoms with van der Waals surface area (Å²) in [6, 6.07) is 4.07. The van der Waals surface area contributed by atoms with Gasteiger partial charge in [-0.15, -0.1) is 0 Å². The number of pyridine rings is 1. The van der Waals surface area contributed by atoms with Gasteiger partial charge in [-0.3, -0.25) is 4.98 Å². The molecule has 94 valence electrons. The average molecular weight is 254 g/mol. The zero-order chi connectivity index (χ0) is 12.3. The van der Waals surface area contributed by atoms with Crippen LogP contribution in [0.5, 0.6) is 0 Å². The molecule has 0 amide bonds. The molecule has 2 heterocycles. The van der Waals surface area contributed by atoms with Crippen LogP contribution in [0.3, 0.4) is 0 Å². The molecule has 1 unspecified atom stereocenters. The fourth-order valence-electron chi connectivity index (χ4n) is 2.04. The molecule has 0 spiro atoms. The van der Waals surface area contributed by atoms with Crippen LogP contribution in [0.15, 0.2) is 18.3 Å². The van der Waals surface area contributed by atoms with Gasteiger partial charge in [0.25, 0.3) is 0 Å². The van der Waals surface area contributed by atoms with Crippen LogP contribution < -0.4 is 5.32 Å². The molecule has 5 heteroatoms. The number of aryl methyl sites for hydroxylation is 1. The van der Waals surface area contributed by atoms with Gasteiger partial charge in [-0.2, -0.15) is 0 Å². The minimum Gasteiger partial charge on any atom is -0.307 e. The molecule has 0 aliphatic carbocycles. The monoisotopic (exact) mass is 254 g/mol. The van der Waals surface area contributed by atoms with Crippen LogP contribution in [0, 0.1) is 6.92 Å². The summed E-state index contributed by atoms with van der Waals surface area (Å²) in [5.41, 5.74) is 2.09. The van der Waals surface area contributed by atoms with Crippen LogP contribution in [0.4, 0.5) is 0 Å². The van der Waals surface area contributed by atoms with Crippen LogP contribution in [0.2, 0.25) is 0 Å². The van der Waals surface area contributed by atoms with Gasteiger partial charge in [0.1, 0.15) is 0 Å². The first-order valence-electron chi connectivity index (χ1n) is 5.90. The standard InChI is InChI=1S/C12H18N2O2S/c1-10-4-5-11(13-7-10)8-14-12-3-2-6-17(15,16)9-12/h4-5,7,12,14H,2-3,6,8-9H2,1H3. The molecule has 1 N–H and O–H groups in total. The Bertz CT molecular complexity index is 468. The lowest BCUT2D eigenvalue weighted by molar-refractivity contribution is 0.477. The summed E-state index contributed by atoms with van der Waals surface area (Å²) in [5.74, 6) is 0.604. The van der Waals surface area contributed by atoms with Crippen LogP contribution in [-0.2, 0) is 16.4 Å². The Balaban J connectivity index is 1.88. The van der Waals surface area contributed by atoms with Gasteiger partial charge in [0.05, 0.1) is 17.2 Å². The highest BCUT2D eigenvalue weighted by Gasteiger charge is 2.24. The Kier molecular flexibility index (Phi) is 3.79. The van der Waals surface area contributed by atoms with Gasteiger partial charge >= 0.3 is 0 Å². The lowest BCUT2D eigenvalue weighted by Crippen LogP contribution is -2.39. The molecule has 17 heavy (non-hydrogen) atoms. The Morgan fingerprint density at radius 3 is 2.94 bits per heavy atom. The first-order chi connectivity index (χ1) is 8.05. The molecule has 0 saturated carbocycles. The summed E-state index contributed by atoms with van der Waals surface area (Å²) < 4.78 is 22.9. The third-order valence-electron chi connectivity index (χ3n) is 3.01. The van der Waals surface area contributed by atoms with E-state index in [-0.39, 0.29) is 11.8 Å². The highest BCUT2D eigenvalue weighted by atomic mass is 32.2. The molecule has 4 nitrogen and oxygen atoms in total. The predicted octanol–water partition coefficient (Wildman–Crippen LogP) is 1.06. The molecule has 1 saturated heterocycles. The van der Waals surface area contributed by atoms with E-state index in [1.54, 1.807) is 0 Å². The summed E-state index contributed by atoms with van der Waals surface area (Å²) in [7, 11) is -2.83. The van der Waals surface area contributed by atoms with Crippen molar-refractivity contribution in [1.82, 2.24) is 10.3 Å². The fourth-order valence-corrected chi connectivity index (χ4v) is 3.71. The highest BCUT2D eigenvalue weighted by Crippen LogP contribution is 2.12. The van der Waals surface area contributed by atoms with E-state index >= 15 is 0 Å². The maximum absolute atomic E-state index is 11.5. The third kappa shape index (κ3) is 3.78. The molecule has 0 bridgehead atoms. The Morgan fingerprint density at radius 1 is 1.47 bits per heavy atom. The number of rotatable bonds is 3. The lowest BCUT2D eigenvalue weighted by Gasteiger charge is -2.22. The summed E-state index contributed by atoms with van der Waals surface area (Å²) in [6.45, 7) is 2.64. The van der Waals surface area contributed by atoms with E-state index in [4.69, 9.17) is 0 Å². The predicted molar refractivity (Wildman–Crippen MR) is 67.5 cm³/mol. The van der Waals surface area contributed by atoms with Crippen molar-refractivity contribution in [1.29, 1.82) is 0 Å². The van der Waals surface area contributed by atoms with Gasteiger partial charge in [0.15, 0.2) is 9.84 Å². The summed E-state index contributed by atoms with van der Waals surface area (Å²) in [4.78, 5) is 4.29. The van der Waals surface area contributed by atoms with Crippen molar-refractivity contribution in [2.75, 3.05) is 11.5 Å². The quantitative estimate of drug-likeness (QED) is 0.876. The molecule has 0 aromatic carbocycles. The van der Waals surface area contributed by atoms with E-state index in [0.717, 1.165) is 24.1 Å². The van der Waals surface area contributed by atoms with Crippen LogP contribution in [0.1, 0.15) is 24.1 Å². The van der Waals surface area contributed by atoms with Crippen molar-refractivity contribution in [3.63, 3.8) is 0 Å². The minimum atomic E-state index is -2.83. The fraction of sp³-hybridized carbons (Fsp3) is 0.583. The molecule has 1 aromatic heterocycles. The van der Waals surface area contributed by atoms with Gasteiger partial charge in [0, 0.05) is 18.8 Å². The summed E-state index contributed by atoms with van der Waals surface area (Å²) >= 11 is 0. The average Bonchev–Trinajstić information content (AvgIpc) is 2.27. The summed E-state index contributed by atoms with van der Waals surface area (Å²) in [5, 5.41) is 3.27. The van der Waals surface area contributed by atoms with E-state index in [0.29, 0.717) is 12.3 Å². The van der Waals surface area contributed by atoms with Crippen LogP contribution >= 0.6 is 0 Å². The molecule has 1 atom stereocenters. The number of hydrogen-bond acceptors (Lipinski definition) is 4. The Hall–Kier alpha value is -0.940. The number of aromatic nitrogens is 1. The number of sulfone groups is 1. The molecular formula is C12H18N2O2S. The Morgan fingerprint density at radius 2 is 2.29 bits per heavy atom. The van der Waals surface area contributed by atoms with Crippen molar-refractivity contribution >= 4 is 9.84 Å². The second-order valence-electron chi connectivity index (χ2n) is 4.66. The molecular weight excluding hydrogens is 236 g/mol. The van der Waals surface area contributed by atoms with Gasteiger partial charge in [-0.1, -0.05) is 6.07 Å². The molecule has 2 rings (SSSR count). The number of hydrogen-bond donors (Lipinski definition) is 1. The zero-order valence-electron chi connectivity index (χ0n) is 10.0. The minimum absolute atomic E-state index is 0.0804. The van der Waals surface area contributed by atoms with Crippen LogP contribution in [0.25, 0.3) is 0 Å². The third-order valence-corrected chi connectivity index (χ3v) is 4.83. The smallest absolute Gasteiger partial charge is 0.151 e. The maximum atomic E-state index is 11.5. The van der Waals surface area contributed by atoms with Crippen molar-refractivity contribution < 1.29 is 8.42 Å². The number of nitrogens with zero attached hydrogens (tertiary/aromatic N) is 1. The largest absolute Gasteiger partial charge is 0.307 e. The normalized spacial score (nSPS) is 23.5. The first kappa shape index (κ1) is 12.5. The molecule has 1 aliphatic heterocycles. The van der Waals surface area contributed by atoms with Crippen molar-refractivity contribution in [2.45, 2.75) is 32.4 Å². The van der Waals surface area contributed by atoms with Gasteiger partial charge in [-0.05, 0) is 31.4 Å². The zero-order valence-corrected chi connectivity index (χ0v) is 10.8. The molecule has 0 radical (unpaired) electrons. The SMILES string of the molecule is Cc1ccc(CNC2CCCS(=O)(=O)C2)nc1. The van der Waals surface area contributed by atoms with Gasteiger partial charge < -0.3 is 5.32 Å². The molecule has 1 aromatic rings. The van der Waals surface area contributed by atoms with Crippen molar-refractivity contribution in [3.8, 4) is 0 Å². The maximum Gasteiger partial charge on any atom is 0.151 e. The number of nitrogens with one attached hydrogen (secondary N) is 1. The lowest BCUT2D eigenvalue weighted by atomic mass is 10.2. The Labute approximate surface area is 102 Å².